The molecule has 3 nitrogen and oxygen atoms in total. The first-order valence-corrected chi connectivity index (χ1v) is 4.00. The van der Waals surface area contributed by atoms with E-state index in [1.54, 1.807) is 6.20 Å². The Kier molecular flexibility index (Phi) is 1.75. The van der Waals surface area contributed by atoms with Crippen molar-refractivity contribution in [3.05, 3.63) is 35.2 Å². The Labute approximate surface area is 74.8 Å². The standard InChI is InChI=1S/C8H8ClN3/c9-6-4-11-8-2-1-7(3-10)12(8)5-6/h1-2,4-5H,3,10H2. The van der Waals surface area contributed by atoms with Gasteiger partial charge in [0, 0.05) is 24.6 Å². The molecule has 2 heterocycles. The molecular formula is C8H8ClN3. The van der Waals surface area contributed by atoms with Crippen molar-refractivity contribution >= 4 is 17.2 Å². The highest BCUT2D eigenvalue weighted by molar-refractivity contribution is 6.30. The van der Waals surface area contributed by atoms with Crippen LogP contribution in [0.3, 0.4) is 0 Å². The van der Waals surface area contributed by atoms with E-state index in [1.807, 2.05) is 22.7 Å². The summed E-state index contributed by atoms with van der Waals surface area (Å²) in [4.78, 5) is 4.12. The van der Waals surface area contributed by atoms with Gasteiger partial charge in [0.05, 0.1) is 5.02 Å². The average molecular weight is 182 g/mol. The smallest absolute Gasteiger partial charge is 0.136 e. The number of halogens is 1. The lowest BCUT2D eigenvalue weighted by atomic mass is 10.4. The largest absolute Gasteiger partial charge is 0.325 e. The van der Waals surface area contributed by atoms with Crippen LogP contribution in [0.5, 0.6) is 0 Å². The van der Waals surface area contributed by atoms with Crippen LogP contribution >= 0.6 is 11.6 Å². The predicted molar refractivity (Wildman–Crippen MR) is 48.1 cm³/mol. The first-order valence-electron chi connectivity index (χ1n) is 3.63. The molecule has 0 radical (unpaired) electrons. The van der Waals surface area contributed by atoms with Crippen molar-refractivity contribution in [2.45, 2.75) is 6.54 Å². The van der Waals surface area contributed by atoms with Crippen molar-refractivity contribution in [1.82, 2.24) is 9.38 Å². The van der Waals surface area contributed by atoms with Crippen molar-refractivity contribution in [3.8, 4) is 0 Å². The molecule has 4 heteroatoms. The van der Waals surface area contributed by atoms with E-state index in [1.165, 1.54) is 0 Å². The monoisotopic (exact) mass is 181 g/mol. The summed E-state index contributed by atoms with van der Waals surface area (Å²) in [5.41, 5.74) is 7.41. The van der Waals surface area contributed by atoms with Gasteiger partial charge in [-0.05, 0) is 12.1 Å². The summed E-state index contributed by atoms with van der Waals surface area (Å²) < 4.78 is 1.89. The predicted octanol–water partition coefficient (Wildman–Crippen LogP) is 1.45. The van der Waals surface area contributed by atoms with Crippen LogP contribution in [0, 0.1) is 0 Å². The highest BCUT2D eigenvalue weighted by Crippen LogP contribution is 2.11. The summed E-state index contributed by atoms with van der Waals surface area (Å²) in [5.74, 6) is 0. The van der Waals surface area contributed by atoms with Crippen LogP contribution in [0.4, 0.5) is 0 Å². The van der Waals surface area contributed by atoms with E-state index in [0.717, 1.165) is 11.3 Å². The fraction of sp³-hybridized carbons (Fsp3) is 0.125. The van der Waals surface area contributed by atoms with E-state index < -0.39 is 0 Å². The molecule has 0 saturated carbocycles. The van der Waals surface area contributed by atoms with Gasteiger partial charge in [-0.3, -0.25) is 0 Å². The van der Waals surface area contributed by atoms with E-state index in [-0.39, 0.29) is 0 Å². The van der Waals surface area contributed by atoms with Crippen LogP contribution in [0.25, 0.3) is 5.65 Å². The Balaban J connectivity index is 2.75. The van der Waals surface area contributed by atoms with Gasteiger partial charge in [0.15, 0.2) is 0 Å². The molecule has 0 fully saturated rings. The Morgan fingerprint density at radius 2 is 2.33 bits per heavy atom. The van der Waals surface area contributed by atoms with E-state index in [9.17, 15) is 0 Å². The Hall–Kier alpha value is -1.06. The topological polar surface area (TPSA) is 43.3 Å². The molecule has 2 N–H and O–H groups in total. The van der Waals surface area contributed by atoms with Gasteiger partial charge in [0.1, 0.15) is 5.65 Å². The van der Waals surface area contributed by atoms with E-state index >= 15 is 0 Å². The molecular weight excluding hydrogens is 174 g/mol. The molecule has 0 aromatic carbocycles. The zero-order valence-corrected chi connectivity index (χ0v) is 7.12. The second-order valence-electron chi connectivity index (χ2n) is 2.53. The third kappa shape index (κ3) is 1.07. The van der Waals surface area contributed by atoms with Crippen molar-refractivity contribution in [3.63, 3.8) is 0 Å². The van der Waals surface area contributed by atoms with Crippen molar-refractivity contribution in [1.29, 1.82) is 0 Å². The zero-order chi connectivity index (χ0) is 8.55. The second-order valence-corrected chi connectivity index (χ2v) is 2.97. The summed E-state index contributed by atoms with van der Waals surface area (Å²) >= 11 is 5.78. The van der Waals surface area contributed by atoms with E-state index in [4.69, 9.17) is 17.3 Å². The molecule has 12 heavy (non-hydrogen) atoms. The minimum absolute atomic E-state index is 0.496. The minimum atomic E-state index is 0.496. The normalized spacial score (nSPS) is 10.8. The summed E-state index contributed by atoms with van der Waals surface area (Å²) in [6.45, 7) is 0.496. The molecule has 2 aromatic heterocycles. The van der Waals surface area contributed by atoms with Gasteiger partial charge in [-0.25, -0.2) is 4.98 Å². The summed E-state index contributed by atoms with van der Waals surface area (Å²) in [5, 5.41) is 0.619. The van der Waals surface area contributed by atoms with Crippen LogP contribution in [0.1, 0.15) is 5.69 Å². The van der Waals surface area contributed by atoms with Crippen molar-refractivity contribution < 1.29 is 0 Å². The maximum Gasteiger partial charge on any atom is 0.136 e. The summed E-state index contributed by atoms with van der Waals surface area (Å²) in [7, 11) is 0. The van der Waals surface area contributed by atoms with Crippen LogP contribution < -0.4 is 5.73 Å². The molecule has 2 aromatic rings. The average Bonchev–Trinajstić information content (AvgIpc) is 2.46. The summed E-state index contributed by atoms with van der Waals surface area (Å²) in [6, 6.07) is 3.86. The van der Waals surface area contributed by atoms with Crippen LogP contribution in [-0.4, -0.2) is 9.38 Å². The van der Waals surface area contributed by atoms with Gasteiger partial charge >= 0.3 is 0 Å². The molecule has 0 bridgehead atoms. The number of hydrogen-bond acceptors (Lipinski definition) is 2. The number of nitrogens with zero attached hydrogens (tertiary/aromatic N) is 2. The number of fused-ring (bicyclic) bond motifs is 1. The van der Waals surface area contributed by atoms with Crippen LogP contribution in [0.2, 0.25) is 5.02 Å². The van der Waals surface area contributed by atoms with Gasteiger partial charge in [-0.1, -0.05) is 11.6 Å². The number of nitrogens with two attached hydrogens (primary N) is 1. The van der Waals surface area contributed by atoms with Gasteiger partial charge < -0.3 is 10.1 Å². The Morgan fingerprint density at radius 3 is 3.08 bits per heavy atom. The number of hydrogen-bond donors (Lipinski definition) is 1. The lowest BCUT2D eigenvalue weighted by Gasteiger charge is -1.98. The Morgan fingerprint density at radius 1 is 1.50 bits per heavy atom. The second kappa shape index (κ2) is 2.77. The Bertz CT molecular complexity index is 408. The molecule has 0 aliphatic carbocycles. The molecule has 0 unspecified atom stereocenters. The third-order valence-corrected chi connectivity index (χ3v) is 1.96. The van der Waals surface area contributed by atoms with Crippen molar-refractivity contribution in [2.24, 2.45) is 5.73 Å². The van der Waals surface area contributed by atoms with Crippen LogP contribution in [-0.2, 0) is 6.54 Å². The van der Waals surface area contributed by atoms with Crippen molar-refractivity contribution in [2.75, 3.05) is 0 Å². The molecule has 0 atom stereocenters. The maximum absolute atomic E-state index is 5.78. The fourth-order valence-electron chi connectivity index (χ4n) is 1.18. The lowest BCUT2D eigenvalue weighted by molar-refractivity contribution is 0.948. The summed E-state index contributed by atoms with van der Waals surface area (Å²) in [6.07, 6.45) is 3.43. The molecule has 0 aliphatic heterocycles. The highest BCUT2D eigenvalue weighted by Gasteiger charge is 1.99. The number of rotatable bonds is 1. The van der Waals surface area contributed by atoms with E-state index in [0.29, 0.717) is 11.6 Å². The fourth-order valence-corrected chi connectivity index (χ4v) is 1.33. The lowest BCUT2D eigenvalue weighted by Crippen LogP contribution is -2.00. The molecule has 0 spiro atoms. The molecule has 2 rings (SSSR count). The van der Waals surface area contributed by atoms with Crippen LogP contribution in [0.15, 0.2) is 24.5 Å². The zero-order valence-electron chi connectivity index (χ0n) is 6.37. The van der Waals surface area contributed by atoms with Gasteiger partial charge in [-0.2, -0.15) is 0 Å². The molecule has 0 amide bonds. The van der Waals surface area contributed by atoms with Gasteiger partial charge in [0.25, 0.3) is 0 Å². The first-order chi connectivity index (χ1) is 5.81. The molecule has 62 valence electrons. The molecule has 0 aliphatic rings. The van der Waals surface area contributed by atoms with E-state index in [2.05, 4.69) is 4.98 Å². The minimum Gasteiger partial charge on any atom is -0.325 e. The molecule has 0 saturated heterocycles. The highest BCUT2D eigenvalue weighted by atomic mass is 35.5. The first kappa shape index (κ1) is 7.58. The quantitative estimate of drug-likeness (QED) is 0.724. The van der Waals surface area contributed by atoms with Gasteiger partial charge in [-0.15, -0.1) is 0 Å². The van der Waals surface area contributed by atoms with Gasteiger partial charge in [0.2, 0.25) is 0 Å². The maximum atomic E-state index is 5.78. The SMILES string of the molecule is NCc1ccc2ncc(Cl)cn12. The number of aromatic nitrogens is 2. The third-order valence-electron chi connectivity index (χ3n) is 1.76.